The number of urea groups is 1. The summed E-state index contributed by atoms with van der Waals surface area (Å²) >= 11 is 1.84. The van der Waals surface area contributed by atoms with Crippen molar-refractivity contribution in [3.05, 3.63) is 53.6 Å². The van der Waals surface area contributed by atoms with E-state index in [-0.39, 0.29) is 16.8 Å². The van der Waals surface area contributed by atoms with Crippen LogP contribution in [0.3, 0.4) is 0 Å². The van der Waals surface area contributed by atoms with Crippen molar-refractivity contribution < 1.29 is 19.1 Å². The van der Waals surface area contributed by atoms with Crippen molar-refractivity contribution in [3.63, 3.8) is 0 Å². The molecule has 2 saturated heterocycles. The van der Waals surface area contributed by atoms with Gasteiger partial charge in [-0.15, -0.1) is 11.8 Å². The Kier molecular flexibility index (Phi) is 6.50. The molecule has 0 aliphatic carbocycles. The third kappa shape index (κ3) is 4.24. The van der Waals surface area contributed by atoms with E-state index in [1.165, 1.54) is 0 Å². The van der Waals surface area contributed by atoms with E-state index in [1.54, 1.807) is 32.4 Å². The Labute approximate surface area is 193 Å². The summed E-state index contributed by atoms with van der Waals surface area (Å²) in [4.78, 5) is 29.8. The maximum atomic E-state index is 13.3. The molecule has 3 amide bonds. The number of amides is 3. The number of carbonyl (C=O) groups excluding carboxylic acids is 2. The number of anilines is 1. The Morgan fingerprint density at radius 2 is 1.78 bits per heavy atom. The molecule has 2 heterocycles. The topological polar surface area (TPSA) is 71.1 Å². The molecule has 7 nitrogen and oxygen atoms in total. The van der Waals surface area contributed by atoms with Crippen LogP contribution in [0, 0.1) is 6.92 Å². The lowest BCUT2D eigenvalue weighted by Crippen LogP contribution is -2.54. The molecule has 2 fully saturated rings. The lowest BCUT2D eigenvalue weighted by molar-refractivity contribution is 0.0585. The molecule has 1 N–H and O–H groups in total. The molecule has 170 valence electrons. The van der Waals surface area contributed by atoms with Crippen molar-refractivity contribution in [2.75, 3.05) is 44.9 Å². The Balaban J connectivity index is 1.42. The van der Waals surface area contributed by atoms with Gasteiger partial charge in [0.2, 0.25) is 0 Å². The largest absolute Gasteiger partial charge is 0.497 e. The number of hydrogen-bond acceptors (Lipinski definition) is 5. The molecule has 4 rings (SSSR count). The van der Waals surface area contributed by atoms with Crippen LogP contribution in [0.5, 0.6) is 11.5 Å². The van der Waals surface area contributed by atoms with Gasteiger partial charge in [0.25, 0.3) is 5.91 Å². The van der Waals surface area contributed by atoms with E-state index >= 15 is 0 Å². The molecule has 1 spiro atoms. The molecule has 0 atom stereocenters. The predicted octanol–water partition coefficient (Wildman–Crippen LogP) is 4.23. The van der Waals surface area contributed by atoms with Gasteiger partial charge in [-0.1, -0.05) is 18.2 Å². The lowest BCUT2D eigenvalue weighted by atomic mass is 10.00. The van der Waals surface area contributed by atoms with Crippen molar-refractivity contribution in [1.82, 2.24) is 9.80 Å². The zero-order valence-corrected chi connectivity index (χ0v) is 19.5. The van der Waals surface area contributed by atoms with Gasteiger partial charge in [0.1, 0.15) is 11.5 Å². The number of piperidine rings is 1. The van der Waals surface area contributed by atoms with E-state index in [0.717, 1.165) is 36.3 Å². The number of methoxy groups -OCH3 is 2. The molecule has 2 aliphatic rings. The highest BCUT2D eigenvalue weighted by molar-refractivity contribution is 8.00. The minimum Gasteiger partial charge on any atom is -0.497 e. The number of carbonyl (C=O) groups is 2. The molecule has 0 unspecified atom stereocenters. The SMILES string of the molecule is COc1ccc(NC(=O)N2CCC3(CC2)SCCN3C(=O)c2ccccc2C)c(OC)c1. The van der Waals surface area contributed by atoms with Crippen LogP contribution in [0.25, 0.3) is 0 Å². The first kappa shape index (κ1) is 22.3. The second-order valence-corrected chi connectivity index (χ2v) is 9.51. The Morgan fingerprint density at radius 1 is 1.03 bits per heavy atom. The van der Waals surface area contributed by atoms with Gasteiger partial charge < -0.3 is 24.6 Å². The average Bonchev–Trinajstić information content (AvgIpc) is 3.22. The van der Waals surface area contributed by atoms with Gasteiger partial charge >= 0.3 is 6.03 Å². The normalized spacial score (nSPS) is 17.3. The van der Waals surface area contributed by atoms with E-state index in [2.05, 4.69) is 5.32 Å². The molecule has 2 aromatic carbocycles. The Hall–Kier alpha value is -2.87. The molecular formula is C24H29N3O4S. The maximum absolute atomic E-state index is 13.3. The zero-order valence-electron chi connectivity index (χ0n) is 18.7. The van der Waals surface area contributed by atoms with E-state index in [0.29, 0.717) is 30.3 Å². The number of ether oxygens (including phenoxy) is 2. The van der Waals surface area contributed by atoms with Crippen LogP contribution >= 0.6 is 11.8 Å². The number of benzene rings is 2. The molecule has 2 aliphatic heterocycles. The first-order valence-corrected chi connectivity index (χ1v) is 11.8. The smallest absolute Gasteiger partial charge is 0.321 e. The number of rotatable bonds is 4. The van der Waals surface area contributed by atoms with Gasteiger partial charge in [-0.2, -0.15) is 0 Å². The van der Waals surface area contributed by atoms with Crippen LogP contribution in [-0.2, 0) is 0 Å². The third-order valence-electron chi connectivity index (χ3n) is 6.28. The second-order valence-electron chi connectivity index (χ2n) is 8.05. The first-order valence-electron chi connectivity index (χ1n) is 10.8. The monoisotopic (exact) mass is 455 g/mol. The summed E-state index contributed by atoms with van der Waals surface area (Å²) in [5.41, 5.74) is 2.36. The minimum absolute atomic E-state index is 0.0916. The molecule has 0 aromatic heterocycles. The highest BCUT2D eigenvalue weighted by Gasteiger charge is 2.47. The molecule has 0 bridgehead atoms. The van der Waals surface area contributed by atoms with Crippen LogP contribution in [0.1, 0.15) is 28.8 Å². The fraction of sp³-hybridized carbons (Fsp3) is 0.417. The predicted molar refractivity (Wildman–Crippen MR) is 127 cm³/mol. The van der Waals surface area contributed by atoms with Crippen LogP contribution in [-0.4, -0.2) is 66.2 Å². The van der Waals surface area contributed by atoms with E-state index in [4.69, 9.17) is 9.47 Å². The van der Waals surface area contributed by atoms with Crippen molar-refractivity contribution in [1.29, 1.82) is 0 Å². The summed E-state index contributed by atoms with van der Waals surface area (Å²) in [6.07, 6.45) is 1.50. The summed E-state index contributed by atoms with van der Waals surface area (Å²) in [5.74, 6) is 2.23. The summed E-state index contributed by atoms with van der Waals surface area (Å²) in [7, 11) is 3.15. The number of likely N-dealkylation sites (tertiary alicyclic amines) is 1. The third-order valence-corrected chi connectivity index (χ3v) is 7.83. The quantitative estimate of drug-likeness (QED) is 0.747. The number of nitrogens with zero attached hydrogens (tertiary/aromatic N) is 2. The molecule has 32 heavy (non-hydrogen) atoms. The van der Waals surface area contributed by atoms with Crippen molar-refractivity contribution in [2.45, 2.75) is 24.6 Å². The van der Waals surface area contributed by atoms with Crippen molar-refractivity contribution in [2.24, 2.45) is 0 Å². The number of aryl methyl sites for hydroxylation is 1. The fourth-order valence-electron chi connectivity index (χ4n) is 4.42. The summed E-state index contributed by atoms with van der Waals surface area (Å²) < 4.78 is 10.6. The van der Waals surface area contributed by atoms with Gasteiger partial charge in [0.05, 0.1) is 24.8 Å². The molecule has 2 aromatic rings. The highest BCUT2D eigenvalue weighted by atomic mass is 32.2. The number of hydrogen-bond donors (Lipinski definition) is 1. The number of thioether (sulfide) groups is 1. The Bertz CT molecular complexity index is 1000. The van der Waals surface area contributed by atoms with Gasteiger partial charge in [-0.25, -0.2) is 4.79 Å². The second kappa shape index (κ2) is 9.32. The van der Waals surface area contributed by atoms with E-state index in [1.807, 2.05) is 52.8 Å². The fourth-order valence-corrected chi connectivity index (χ4v) is 5.88. The lowest BCUT2D eigenvalue weighted by Gasteiger charge is -2.44. The maximum Gasteiger partial charge on any atom is 0.321 e. The summed E-state index contributed by atoms with van der Waals surface area (Å²) in [5, 5.41) is 2.95. The molecule has 8 heteroatoms. The van der Waals surface area contributed by atoms with Crippen LogP contribution < -0.4 is 14.8 Å². The molecular weight excluding hydrogens is 426 g/mol. The van der Waals surface area contributed by atoms with Crippen LogP contribution in [0.2, 0.25) is 0 Å². The van der Waals surface area contributed by atoms with Gasteiger partial charge in [0, 0.05) is 37.0 Å². The van der Waals surface area contributed by atoms with E-state index < -0.39 is 0 Å². The van der Waals surface area contributed by atoms with Crippen molar-refractivity contribution >= 4 is 29.4 Å². The first-order chi connectivity index (χ1) is 15.5. The van der Waals surface area contributed by atoms with Crippen LogP contribution in [0.15, 0.2) is 42.5 Å². The minimum atomic E-state index is -0.242. The van der Waals surface area contributed by atoms with Crippen molar-refractivity contribution in [3.8, 4) is 11.5 Å². The van der Waals surface area contributed by atoms with Gasteiger partial charge in [0.15, 0.2) is 0 Å². The standard InChI is InChI=1S/C24H29N3O4S/c1-17-6-4-5-7-19(17)22(28)27-14-15-32-24(27)10-12-26(13-11-24)23(29)25-20-9-8-18(30-2)16-21(20)31-3/h4-9,16H,10-15H2,1-3H3,(H,25,29). The number of nitrogens with one attached hydrogen (secondary N) is 1. The van der Waals surface area contributed by atoms with Gasteiger partial charge in [-0.3, -0.25) is 4.79 Å². The molecule has 0 radical (unpaired) electrons. The zero-order chi connectivity index (χ0) is 22.7. The summed E-state index contributed by atoms with van der Waals surface area (Å²) in [6, 6.07) is 12.9. The Morgan fingerprint density at radius 3 is 2.47 bits per heavy atom. The van der Waals surface area contributed by atoms with Gasteiger partial charge in [-0.05, 0) is 43.5 Å². The van der Waals surface area contributed by atoms with Crippen LogP contribution in [0.4, 0.5) is 10.5 Å². The van der Waals surface area contributed by atoms with E-state index in [9.17, 15) is 9.59 Å². The molecule has 0 saturated carbocycles. The highest BCUT2D eigenvalue weighted by Crippen LogP contribution is 2.44. The summed E-state index contributed by atoms with van der Waals surface area (Å²) in [6.45, 7) is 3.90. The average molecular weight is 456 g/mol.